The fraction of sp³-hybridized carbons (Fsp3) is 0.458. The van der Waals surface area contributed by atoms with E-state index in [1.807, 2.05) is 19.9 Å². The van der Waals surface area contributed by atoms with Crippen molar-refractivity contribution in [2.24, 2.45) is 17.8 Å². The Morgan fingerprint density at radius 2 is 2.03 bits per heavy atom. The number of ketones is 1. The van der Waals surface area contributed by atoms with E-state index < -0.39 is 12.1 Å². The van der Waals surface area contributed by atoms with Crippen LogP contribution in [-0.4, -0.2) is 29.9 Å². The van der Waals surface area contributed by atoms with Crippen LogP contribution < -0.4 is 0 Å². The Labute approximate surface area is 185 Å². The minimum atomic E-state index is -0.462. The van der Waals surface area contributed by atoms with Crippen molar-refractivity contribution in [3.05, 3.63) is 46.5 Å². The minimum absolute atomic E-state index is 0.0535. The number of carbonyl (C=O) groups is 3. The standard InChI is InChI=1S/C24H25BrO5/c1-3-4-6-9-15(2)23(27)19(25)12-17-18-13-22(26)29-20(18)14-21(17)30-24(28)16-10-7-5-8-11-16/h5,7-8,10-12,15,17-18,20-21H,3,9,13-14H2,1-2H3/b19-12+/t15-,17-,18+,20-,21+/m0/s1. The molecular formula is C24H25BrO5. The maximum Gasteiger partial charge on any atom is 0.338 e. The molecule has 0 radical (unpaired) electrons. The normalized spacial score (nSPS) is 26.2. The number of esters is 2. The lowest BCUT2D eigenvalue weighted by molar-refractivity contribution is -0.141. The molecule has 5 atom stereocenters. The van der Waals surface area contributed by atoms with Crippen LogP contribution in [0.5, 0.6) is 0 Å². The van der Waals surface area contributed by atoms with Crippen LogP contribution in [0.2, 0.25) is 0 Å². The van der Waals surface area contributed by atoms with Crippen molar-refractivity contribution in [1.82, 2.24) is 0 Å². The molecule has 1 aliphatic heterocycles. The van der Waals surface area contributed by atoms with Gasteiger partial charge in [0.2, 0.25) is 0 Å². The number of ether oxygens (including phenoxy) is 2. The third-order valence-electron chi connectivity index (χ3n) is 5.55. The van der Waals surface area contributed by atoms with E-state index in [9.17, 15) is 14.4 Å². The smallest absolute Gasteiger partial charge is 0.338 e. The van der Waals surface area contributed by atoms with Gasteiger partial charge in [-0.25, -0.2) is 4.79 Å². The molecule has 30 heavy (non-hydrogen) atoms. The number of benzene rings is 1. The summed E-state index contributed by atoms with van der Waals surface area (Å²) in [6, 6.07) is 8.77. The van der Waals surface area contributed by atoms with Crippen molar-refractivity contribution in [3.8, 4) is 11.8 Å². The molecule has 0 unspecified atom stereocenters. The largest absolute Gasteiger partial charge is 0.462 e. The fourth-order valence-electron chi connectivity index (χ4n) is 3.96. The van der Waals surface area contributed by atoms with Crippen molar-refractivity contribution in [1.29, 1.82) is 0 Å². The molecule has 0 N–H and O–H groups in total. The van der Waals surface area contributed by atoms with Gasteiger partial charge in [-0.15, -0.1) is 11.8 Å². The molecule has 3 rings (SSSR count). The van der Waals surface area contributed by atoms with E-state index in [-0.39, 0.29) is 42.0 Å². The van der Waals surface area contributed by atoms with Gasteiger partial charge >= 0.3 is 11.9 Å². The van der Waals surface area contributed by atoms with Crippen molar-refractivity contribution >= 4 is 33.7 Å². The zero-order chi connectivity index (χ0) is 21.7. The number of fused-ring (bicyclic) bond motifs is 1. The van der Waals surface area contributed by atoms with E-state index in [0.717, 1.165) is 6.42 Å². The highest BCUT2D eigenvalue weighted by Gasteiger charge is 2.51. The Kier molecular flexibility index (Phi) is 7.49. The number of hydrogen-bond donors (Lipinski definition) is 0. The molecule has 2 aliphatic rings. The van der Waals surface area contributed by atoms with E-state index in [1.54, 1.807) is 30.3 Å². The highest BCUT2D eigenvalue weighted by atomic mass is 79.9. The monoisotopic (exact) mass is 472 g/mol. The van der Waals surface area contributed by atoms with Gasteiger partial charge in [-0.1, -0.05) is 38.1 Å². The van der Waals surface area contributed by atoms with Gasteiger partial charge < -0.3 is 9.47 Å². The van der Waals surface area contributed by atoms with Crippen LogP contribution in [0.15, 0.2) is 40.9 Å². The van der Waals surface area contributed by atoms with E-state index in [1.165, 1.54) is 0 Å². The van der Waals surface area contributed by atoms with E-state index in [2.05, 4.69) is 27.8 Å². The maximum atomic E-state index is 12.7. The molecule has 0 spiro atoms. The molecule has 1 aliphatic carbocycles. The summed E-state index contributed by atoms with van der Waals surface area (Å²) in [5.74, 6) is 4.62. The summed E-state index contributed by atoms with van der Waals surface area (Å²) in [7, 11) is 0. The first kappa shape index (κ1) is 22.3. The van der Waals surface area contributed by atoms with Crippen LogP contribution in [0.3, 0.4) is 0 Å². The summed E-state index contributed by atoms with van der Waals surface area (Å²) in [6.07, 6.45) is 2.97. The molecule has 0 bridgehead atoms. The quantitative estimate of drug-likeness (QED) is 0.347. The van der Waals surface area contributed by atoms with Crippen LogP contribution in [-0.2, 0) is 19.1 Å². The lowest BCUT2D eigenvalue weighted by Gasteiger charge is -2.21. The van der Waals surface area contributed by atoms with Gasteiger partial charge in [-0.05, 0) is 28.1 Å². The predicted octanol–water partition coefficient (Wildman–Crippen LogP) is 4.45. The Balaban J connectivity index is 1.77. The van der Waals surface area contributed by atoms with Gasteiger partial charge in [-0.3, -0.25) is 9.59 Å². The highest BCUT2D eigenvalue weighted by Crippen LogP contribution is 2.44. The summed E-state index contributed by atoms with van der Waals surface area (Å²) in [4.78, 5) is 37.1. The Bertz CT molecular complexity index is 895. The molecule has 0 aromatic heterocycles. The molecule has 1 aromatic rings. The molecule has 1 saturated carbocycles. The second-order valence-corrected chi connectivity index (χ2v) is 8.56. The summed E-state index contributed by atoms with van der Waals surface area (Å²) >= 11 is 3.41. The predicted molar refractivity (Wildman–Crippen MR) is 116 cm³/mol. The Hall–Kier alpha value is -2.39. The van der Waals surface area contributed by atoms with Crippen LogP contribution in [0.1, 0.15) is 49.9 Å². The summed E-state index contributed by atoms with van der Waals surface area (Å²) in [6.45, 7) is 3.81. The zero-order valence-electron chi connectivity index (χ0n) is 17.1. The first-order valence-corrected chi connectivity index (χ1v) is 11.0. The second kappa shape index (κ2) is 10.1. The van der Waals surface area contributed by atoms with Gasteiger partial charge in [0.05, 0.1) is 16.5 Å². The first-order chi connectivity index (χ1) is 14.4. The molecular weight excluding hydrogens is 448 g/mol. The summed E-state index contributed by atoms with van der Waals surface area (Å²) < 4.78 is 11.6. The summed E-state index contributed by atoms with van der Waals surface area (Å²) in [5.41, 5.74) is 0.465. The van der Waals surface area contributed by atoms with Crippen LogP contribution in [0.25, 0.3) is 0 Å². The molecule has 1 heterocycles. The van der Waals surface area contributed by atoms with Crippen LogP contribution >= 0.6 is 15.9 Å². The number of Topliss-reactive ketones (excluding diaryl/α,β-unsaturated/α-hetero) is 1. The van der Waals surface area contributed by atoms with Crippen molar-refractivity contribution in [2.75, 3.05) is 0 Å². The topological polar surface area (TPSA) is 69.7 Å². The molecule has 1 saturated heterocycles. The third kappa shape index (κ3) is 5.20. The SMILES string of the molecule is CCC#CC[C@H](C)C(=O)/C(Br)=C\[C@H]1[C@H]2CC(=O)O[C@H]2C[C@H]1OC(=O)c1ccccc1. The average Bonchev–Trinajstić information content (AvgIpc) is 3.24. The van der Waals surface area contributed by atoms with Gasteiger partial charge in [-0.2, -0.15) is 0 Å². The van der Waals surface area contributed by atoms with E-state index in [4.69, 9.17) is 9.47 Å². The maximum absolute atomic E-state index is 12.7. The Morgan fingerprint density at radius 1 is 1.30 bits per heavy atom. The number of carbonyl (C=O) groups excluding carboxylic acids is 3. The molecule has 1 aromatic carbocycles. The number of rotatable bonds is 6. The second-order valence-electron chi connectivity index (χ2n) is 7.71. The molecule has 158 valence electrons. The van der Waals surface area contributed by atoms with Crippen LogP contribution in [0, 0.1) is 29.6 Å². The van der Waals surface area contributed by atoms with Crippen LogP contribution in [0.4, 0.5) is 0 Å². The lowest BCUT2D eigenvalue weighted by atomic mass is 9.90. The van der Waals surface area contributed by atoms with Gasteiger partial charge in [0.15, 0.2) is 5.78 Å². The molecule has 5 nitrogen and oxygen atoms in total. The van der Waals surface area contributed by atoms with Crippen molar-refractivity contribution < 1.29 is 23.9 Å². The fourth-order valence-corrected chi connectivity index (χ4v) is 4.66. The zero-order valence-corrected chi connectivity index (χ0v) is 18.7. The van der Waals surface area contributed by atoms with Gasteiger partial charge in [0.25, 0.3) is 0 Å². The Morgan fingerprint density at radius 3 is 2.73 bits per heavy atom. The first-order valence-electron chi connectivity index (χ1n) is 10.2. The van der Waals surface area contributed by atoms with E-state index in [0.29, 0.717) is 22.9 Å². The molecule has 6 heteroatoms. The lowest BCUT2D eigenvalue weighted by Crippen LogP contribution is -2.25. The average molecular weight is 473 g/mol. The van der Waals surface area contributed by atoms with Gasteiger partial charge in [0.1, 0.15) is 12.2 Å². The summed E-state index contributed by atoms with van der Waals surface area (Å²) in [5, 5.41) is 0. The van der Waals surface area contributed by atoms with E-state index >= 15 is 0 Å². The molecule has 0 amide bonds. The minimum Gasteiger partial charge on any atom is -0.462 e. The highest BCUT2D eigenvalue weighted by molar-refractivity contribution is 9.12. The number of halogens is 1. The number of allylic oxidation sites excluding steroid dienone is 1. The molecule has 2 fully saturated rings. The number of hydrogen-bond acceptors (Lipinski definition) is 5. The third-order valence-corrected chi connectivity index (χ3v) is 6.21. The van der Waals surface area contributed by atoms with Crippen molar-refractivity contribution in [2.45, 2.75) is 51.7 Å². The van der Waals surface area contributed by atoms with Crippen molar-refractivity contribution in [3.63, 3.8) is 0 Å². The van der Waals surface area contributed by atoms with Gasteiger partial charge in [0, 0.05) is 37.0 Å².